The molecule has 1 atom stereocenters. The van der Waals surface area contributed by atoms with Gasteiger partial charge in [0.05, 0.1) is 17.2 Å². The van der Waals surface area contributed by atoms with Crippen molar-refractivity contribution >= 4 is 17.2 Å². The minimum Gasteiger partial charge on any atom is -0.393 e. The fourth-order valence-corrected chi connectivity index (χ4v) is 5.26. The predicted octanol–water partition coefficient (Wildman–Crippen LogP) is 2.42. The van der Waals surface area contributed by atoms with Crippen molar-refractivity contribution in [3.8, 4) is 11.3 Å². The van der Waals surface area contributed by atoms with Gasteiger partial charge in [-0.2, -0.15) is 31.4 Å². The van der Waals surface area contributed by atoms with Crippen LogP contribution in [0.25, 0.3) is 11.3 Å². The molecule has 17 heteroatoms. The van der Waals surface area contributed by atoms with Crippen molar-refractivity contribution in [1.29, 1.82) is 0 Å². The number of piperazine rings is 1. The minimum atomic E-state index is -4.90. The number of hydrogen-bond acceptors (Lipinski definition) is 9. The standard InChI is InChI=1S/C21H22F6N8O2S/c1-3-13-31-11(2)35(33-13)8-14(37)34-5-4-28-9-19(34,10-36)16-15(32-18(38-16)21(25,26)27)12-6-29-17(30-7-12)20(22,23)24/h6-7,28,36H,3-5,8-10H2,1-2H3/t19-/m1/s1. The Labute approximate surface area is 215 Å². The summed E-state index contributed by atoms with van der Waals surface area (Å²) < 4.78 is 81.4. The molecule has 206 valence electrons. The zero-order valence-corrected chi connectivity index (χ0v) is 20.9. The summed E-state index contributed by atoms with van der Waals surface area (Å²) in [5.74, 6) is -1.06. The highest BCUT2D eigenvalue weighted by molar-refractivity contribution is 7.12. The van der Waals surface area contributed by atoms with Gasteiger partial charge in [0.2, 0.25) is 11.7 Å². The molecule has 0 saturated carbocycles. The zero-order chi connectivity index (χ0) is 27.9. The zero-order valence-electron chi connectivity index (χ0n) is 20.1. The number of aliphatic hydroxyl groups excluding tert-OH is 1. The number of nitrogens with one attached hydrogen (secondary N) is 1. The lowest BCUT2D eigenvalue weighted by molar-refractivity contribution is -0.145. The van der Waals surface area contributed by atoms with E-state index in [0.717, 1.165) is 0 Å². The molecule has 38 heavy (non-hydrogen) atoms. The molecule has 0 unspecified atom stereocenters. The van der Waals surface area contributed by atoms with E-state index in [1.807, 2.05) is 6.92 Å². The lowest BCUT2D eigenvalue weighted by Gasteiger charge is -2.46. The van der Waals surface area contributed by atoms with Crippen LogP contribution in [0.2, 0.25) is 0 Å². The van der Waals surface area contributed by atoms with Crippen molar-refractivity contribution in [2.45, 2.75) is 44.7 Å². The van der Waals surface area contributed by atoms with Crippen molar-refractivity contribution < 1.29 is 36.2 Å². The second-order valence-corrected chi connectivity index (χ2v) is 9.48. The summed E-state index contributed by atoms with van der Waals surface area (Å²) in [6.45, 7) is 2.57. The summed E-state index contributed by atoms with van der Waals surface area (Å²) >= 11 is 0.197. The van der Waals surface area contributed by atoms with Gasteiger partial charge in [0.15, 0.2) is 10.8 Å². The maximum absolute atomic E-state index is 13.7. The van der Waals surface area contributed by atoms with Crippen molar-refractivity contribution in [3.05, 3.63) is 39.8 Å². The molecule has 1 amide bonds. The molecular weight excluding hydrogens is 542 g/mol. The number of halogens is 6. The Hall–Kier alpha value is -3.18. The molecule has 1 fully saturated rings. The molecule has 0 spiro atoms. The number of carbonyl (C=O) groups excluding carboxylic acids is 1. The number of nitrogens with zero attached hydrogens (tertiary/aromatic N) is 7. The number of rotatable bonds is 6. The van der Waals surface area contributed by atoms with Gasteiger partial charge in [0, 0.05) is 44.0 Å². The molecule has 0 radical (unpaired) electrons. The fourth-order valence-electron chi connectivity index (χ4n) is 4.12. The van der Waals surface area contributed by atoms with Crippen LogP contribution in [0.3, 0.4) is 0 Å². The summed E-state index contributed by atoms with van der Waals surface area (Å²) in [4.78, 5) is 28.9. The molecule has 4 heterocycles. The van der Waals surface area contributed by atoms with E-state index in [4.69, 9.17) is 0 Å². The molecule has 0 bridgehead atoms. The SMILES string of the molecule is CCc1nc(C)n(CC(=O)N2CCNC[C@@]2(CO)c2sc(C(F)(F)F)nc2-c2cnc(C(F)(F)F)nc2)n1. The van der Waals surface area contributed by atoms with Gasteiger partial charge in [-0.25, -0.2) is 24.6 Å². The number of aromatic nitrogens is 6. The number of aryl methyl sites for hydroxylation is 2. The van der Waals surface area contributed by atoms with E-state index in [1.165, 1.54) is 9.58 Å². The molecule has 0 aliphatic carbocycles. The first-order valence-corrected chi connectivity index (χ1v) is 12.1. The van der Waals surface area contributed by atoms with E-state index in [2.05, 4.69) is 30.4 Å². The largest absolute Gasteiger partial charge is 0.451 e. The van der Waals surface area contributed by atoms with Crippen LogP contribution in [0.15, 0.2) is 12.4 Å². The third-order valence-electron chi connectivity index (χ3n) is 5.98. The Morgan fingerprint density at radius 1 is 1.16 bits per heavy atom. The molecule has 2 N–H and O–H groups in total. The number of thiazole rings is 1. The fraction of sp³-hybridized carbons (Fsp3) is 0.524. The van der Waals surface area contributed by atoms with Crippen molar-refractivity contribution in [2.24, 2.45) is 0 Å². The van der Waals surface area contributed by atoms with Crippen LogP contribution in [0, 0.1) is 6.92 Å². The van der Waals surface area contributed by atoms with Crippen molar-refractivity contribution in [3.63, 3.8) is 0 Å². The molecule has 10 nitrogen and oxygen atoms in total. The van der Waals surface area contributed by atoms with Gasteiger partial charge in [0.25, 0.3) is 0 Å². The highest BCUT2D eigenvalue weighted by Crippen LogP contribution is 2.45. The van der Waals surface area contributed by atoms with E-state index >= 15 is 0 Å². The number of hydrogen-bond donors (Lipinski definition) is 2. The number of carbonyl (C=O) groups is 1. The summed E-state index contributed by atoms with van der Waals surface area (Å²) in [6.07, 6.45) is -7.80. The van der Waals surface area contributed by atoms with Crippen LogP contribution in [-0.2, 0) is 35.7 Å². The van der Waals surface area contributed by atoms with E-state index in [9.17, 15) is 36.2 Å². The van der Waals surface area contributed by atoms with Gasteiger partial charge in [-0.15, -0.1) is 11.3 Å². The molecule has 3 aromatic heterocycles. The van der Waals surface area contributed by atoms with Crippen LogP contribution in [0.5, 0.6) is 0 Å². The maximum Gasteiger partial charge on any atom is 0.451 e. The average molecular weight is 565 g/mol. The van der Waals surface area contributed by atoms with E-state index < -0.39 is 41.2 Å². The Morgan fingerprint density at radius 2 is 1.84 bits per heavy atom. The van der Waals surface area contributed by atoms with Crippen molar-refractivity contribution in [1.82, 2.24) is 39.9 Å². The summed E-state index contributed by atoms with van der Waals surface area (Å²) in [5, 5.41) is 16.5. The van der Waals surface area contributed by atoms with Crippen molar-refractivity contribution in [2.75, 3.05) is 26.2 Å². The summed E-state index contributed by atoms with van der Waals surface area (Å²) in [7, 11) is 0. The smallest absolute Gasteiger partial charge is 0.393 e. The number of aliphatic hydroxyl groups is 1. The van der Waals surface area contributed by atoms with Gasteiger partial charge in [-0.3, -0.25) is 4.79 Å². The van der Waals surface area contributed by atoms with Crippen LogP contribution in [0.4, 0.5) is 26.3 Å². The molecular formula is C21H22F6N8O2S. The number of amides is 1. The third-order valence-corrected chi connectivity index (χ3v) is 7.28. The van der Waals surface area contributed by atoms with E-state index in [-0.39, 0.29) is 53.7 Å². The highest BCUT2D eigenvalue weighted by atomic mass is 32.1. The van der Waals surface area contributed by atoms with Gasteiger partial charge in [-0.05, 0) is 6.92 Å². The topological polar surface area (TPSA) is 122 Å². The second-order valence-electron chi connectivity index (χ2n) is 8.49. The quantitative estimate of drug-likeness (QED) is 0.438. The summed E-state index contributed by atoms with van der Waals surface area (Å²) in [6, 6.07) is 0. The normalized spacial score (nSPS) is 18.7. The summed E-state index contributed by atoms with van der Waals surface area (Å²) in [5.41, 5.74) is -2.32. The first-order chi connectivity index (χ1) is 17.8. The molecule has 1 saturated heterocycles. The molecule has 1 aliphatic heterocycles. The van der Waals surface area contributed by atoms with Gasteiger partial charge in [0.1, 0.15) is 17.9 Å². The Balaban J connectivity index is 1.81. The first kappa shape index (κ1) is 27.8. The molecule has 3 aromatic rings. The van der Waals surface area contributed by atoms with Gasteiger partial charge >= 0.3 is 12.4 Å². The average Bonchev–Trinajstić information content (AvgIpc) is 3.48. The van der Waals surface area contributed by atoms with Crippen LogP contribution >= 0.6 is 11.3 Å². The molecule has 4 rings (SSSR count). The minimum absolute atomic E-state index is 0.0238. The van der Waals surface area contributed by atoms with Gasteiger partial charge < -0.3 is 15.3 Å². The molecule has 1 aliphatic rings. The maximum atomic E-state index is 13.7. The van der Waals surface area contributed by atoms with Crippen LogP contribution in [-0.4, -0.2) is 71.9 Å². The van der Waals surface area contributed by atoms with Crippen LogP contribution in [0.1, 0.15) is 34.3 Å². The first-order valence-electron chi connectivity index (χ1n) is 11.3. The Morgan fingerprint density at radius 3 is 2.39 bits per heavy atom. The second kappa shape index (κ2) is 10.2. The Kier molecular flexibility index (Phi) is 7.46. The van der Waals surface area contributed by atoms with Crippen LogP contribution < -0.4 is 5.32 Å². The molecule has 0 aromatic carbocycles. The third kappa shape index (κ3) is 5.22. The van der Waals surface area contributed by atoms with E-state index in [0.29, 0.717) is 30.5 Å². The van der Waals surface area contributed by atoms with E-state index in [1.54, 1.807) is 6.92 Å². The monoisotopic (exact) mass is 564 g/mol. The lowest BCUT2D eigenvalue weighted by Crippen LogP contribution is -2.63. The Bertz CT molecular complexity index is 1310. The number of alkyl halides is 6. The van der Waals surface area contributed by atoms with Gasteiger partial charge in [-0.1, -0.05) is 6.92 Å². The highest BCUT2D eigenvalue weighted by Gasteiger charge is 2.48. The predicted molar refractivity (Wildman–Crippen MR) is 121 cm³/mol. The lowest BCUT2D eigenvalue weighted by atomic mass is 9.90.